The summed E-state index contributed by atoms with van der Waals surface area (Å²) in [5.74, 6) is -0.419. The zero-order valence-corrected chi connectivity index (χ0v) is 14.6. The Bertz CT molecular complexity index is 766. The highest BCUT2D eigenvalue weighted by Crippen LogP contribution is 2.14. The summed E-state index contributed by atoms with van der Waals surface area (Å²) in [5.41, 5.74) is 2.13. The van der Waals surface area contributed by atoms with Crippen LogP contribution in [-0.2, 0) is 17.8 Å². The van der Waals surface area contributed by atoms with E-state index in [4.69, 9.17) is 16.9 Å². The van der Waals surface area contributed by atoms with Crippen LogP contribution < -0.4 is 10.6 Å². The molecule has 2 rings (SSSR count). The van der Waals surface area contributed by atoms with Crippen molar-refractivity contribution < 1.29 is 4.79 Å². The molecule has 0 aliphatic rings. The fourth-order valence-electron chi connectivity index (χ4n) is 2.27. The van der Waals surface area contributed by atoms with Crippen molar-refractivity contribution in [1.82, 2.24) is 10.6 Å². The van der Waals surface area contributed by atoms with Crippen LogP contribution in [0.3, 0.4) is 0 Å². The van der Waals surface area contributed by atoms with E-state index in [9.17, 15) is 4.79 Å². The molecule has 0 aliphatic carbocycles. The van der Waals surface area contributed by atoms with Gasteiger partial charge in [0.25, 0.3) is 5.91 Å². The van der Waals surface area contributed by atoms with E-state index in [1.807, 2.05) is 42.5 Å². The van der Waals surface area contributed by atoms with Crippen LogP contribution >= 0.6 is 11.6 Å². The highest BCUT2D eigenvalue weighted by molar-refractivity contribution is 6.31. The van der Waals surface area contributed by atoms with Crippen LogP contribution in [0.15, 0.2) is 66.4 Å². The average molecular weight is 354 g/mol. The number of aryl methyl sites for hydroxylation is 1. The number of halogens is 1. The molecule has 0 fully saturated rings. The first-order chi connectivity index (χ1) is 12.2. The Balaban J connectivity index is 1.76. The van der Waals surface area contributed by atoms with Crippen LogP contribution in [0.1, 0.15) is 17.5 Å². The molecule has 0 bridgehead atoms. The van der Waals surface area contributed by atoms with E-state index in [1.54, 1.807) is 6.07 Å². The number of rotatable bonds is 8. The van der Waals surface area contributed by atoms with Crippen LogP contribution in [0.2, 0.25) is 5.02 Å². The normalized spacial score (nSPS) is 10.8. The first-order valence-corrected chi connectivity index (χ1v) is 8.47. The highest BCUT2D eigenvalue weighted by atomic mass is 35.5. The lowest BCUT2D eigenvalue weighted by molar-refractivity contribution is -0.117. The largest absolute Gasteiger partial charge is 0.390 e. The van der Waals surface area contributed by atoms with E-state index in [-0.39, 0.29) is 12.1 Å². The predicted molar refractivity (Wildman–Crippen MR) is 99.8 cm³/mol. The molecule has 2 aromatic carbocycles. The number of nitrogens with zero attached hydrogens (tertiary/aromatic N) is 1. The summed E-state index contributed by atoms with van der Waals surface area (Å²) in [6, 6.07) is 19.4. The summed E-state index contributed by atoms with van der Waals surface area (Å²) >= 11 is 6.05. The van der Waals surface area contributed by atoms with Gasteiger partial charge in [-0.15, -0.1) is 0 Å². The van der Waals surface area contributed by atoms with Gasteiger partial charge in [0.2, 0.25) is 0 Å². The Kier molecular flexibility index (Phi) is 7.55. The van der Waals surface area contributed by atoms with Gasteiger partial charge in [0.05, 0.1) is 0 Å². The number of carbonyl (C=O) groups is 1. The van der Waals surface area contributed by atoms with Gasteiger partial charge in [-0.05, 0) is 30.0 Å². The maximum absolute atomic E-state index is 12.1. The Morgan fingerprint density at radius 2 is 1.84 bits per heavy atom. The number of carbonyl (C=O) groups excluding carboxylic acids is 1. The summed E-state index contributed by atoms with van der Waals surface area (Å²) in [5, 5.41) is 15.5. The molecule has 0 aromatic heterocycles. The topological polar surface area (TPSA) is 64.9 Å². The van der Waals surface area contributed by atoms with Gasteiger partial charge in [-0.2, -0.15) is 5.26 Å². The molecular formula is C20H20ClN3O. The summed E-state index contributed by atoms with van der Waals surface area (Å²) in [6.07, 6.45) is 3.33. The van der Waals surface area contributed by atoms with Gasteiger partial charge in [0.15, 0.2) is 0 Å². The average Bonchev–Trinajstić information content (AvgIpc) is 2.64. The van der Waals surface area contributed by atoms with Crippen LogP contribution in [0, 0.1) is 11.3 Å². The number of nitriles is 1. The molecule has 0 saturated heterocycles. The smallest absolute Gasteiger partial charge is 0.263 e. The van der Waals surface area contributed by atoms with Crippen LogP contribution in [-0.4, -0.2) is 12.5 Å². The van der Waals surface area contributed by atoms with Crippen molar-refractivity contribution >= 4 is 17.5 Å². The monoisotopic (exact) mass is 353 g/mol. The van der Waals surface area contributed by atoms with E-state index >= 15 is 0 Å². The second-order valence-electron chi connectivity index (χ2n) is 5.49. The van der Waals surface area contributed by atoms with Gasteiger partial charge in [-0.1, -0.05) is 60.1 Å². The van der Waals surface area contributed by atoms with E-state index in [1.165, 1.54) is 11.8 Å². The summed E-state index contributed by atoms with van der Waals surface area (Å²) in [4.78, 5) is 12.1. The van der Waals surface area contributed by atoms with Crippen molar-refractivity contribution in [3.05, 3.63) is 82.5 Å². The van der Waals surface area contributed by atoms with Gasteiger partial charge in [-0.25, -0.2) is 0 Å². The van der Waals surface area contributed by atoms with E-state index in [2.05, 4.69) is 22.8 Å². The third kappa shape index (κ3) is 6.33. The number of nitrogens with one attached hydrogen (secondary N) is 2. The second kappa shape index (κ2) is 10.2. The first kappa shape index (κ1) is 18.6. The van der Waals surface area contributed by atoms with Crippen molar-refractivity contribution in [2.24, 2.45) is 0 Å². The standard InChI is InChI=1S/C20H20ClN3O/c21-19-11-5-4-10-17(19)15-24-20(25)18(13-22)14-23-12-6-9-16-7-2-1-3-8-16/h1-5,7-8,10-11,14,23H,6,9,12,15H2,(H,24,25)/b18-14-. The Morgan fingerprint density at radius 3 is 2.56 bits per heavy atom. The van der Waals surface area contributed by atoms with Crippen molar-refractivity contribution in [1.29, 1.82) is 5.26 Å². The van der Waals surface area contributed by atoms with Crippen LogP contribution in [0.5, 0.6) is 0 Å². The molecule has 0 heterocycles. The summed E-state index contributed by atoms with van der Waals surface area (Å²) in [7, 11) is 0. The van der Waals surface area contributed by atoms with Crippen molar-refractivity contribution in [3.63, 3.8) is 0 Å². The molecule has 0 aliphatic heterocycles. The summed E-state index contributed by atoms with van der Waals surface area (Å²) < 4.78 is 0. The molecule has 0 saturated carbocycles. The maximum atomic E-state index is 12.1. The minimum absolute atomic E-state index is 0.0479. The van der Waals surface area contributed by atoms with Gasteiger partial charge >= 0.3 is 0 Å². The van der Waals surface area contributed by atoms with Gasteiger partial charge in [0, 0.05) is 24.3 Å². The van der Waals surface area contributed by atoms with Gasteiger partial charge in [-0.3, -0.25) is 4.79 Å². The van der Waals surface area contributed by atoms with Gasteiger partial charge in [0.1, 0.15) is 11.6 Å². The fraction of sp³-hybridized carbons (Fsp3) is 0.200. The number of amides is 1. The summed E-state index contributed by atoms with van der Waals surface area (Å²) in [6.45, 7) is 0.976. The predicted octanol–water partition coefficient (Wildman–Crippen LogP) is 3.59. The van der Waals surface area contributed by atoms with Crippen molar-refractivity contribution in [2.45, 2.75) is 19.4 Å². The molecule has 0 spiro atoms. The molecule has 5 heteroatoms. The molecule has 0 unspecified atom stereocenters. The van der Waals surface area contributed by atoms with Crippen molar-refractivity contribution in [3.8, 4) is 6.07 Å². The van der Waals surface area contributed by atoms with Crippen LogP contribution in [0.4, 0.5) is 0 Å². The molecule has 0 atom stereocenters. The minimum Gasteiger partial charge on any atom is -0.390 e. The quantitative estimate of drug-likeness (QED) is 0.433. The zero-order chi connectivity index (χ0) is 17.9. The zero-order valence-electron chi connectivity index (χ0n) is 13.8. The Labute approximate surface area is 153 Å². The Hall–Kier alpha value is -2.77. The SMILES string of the molecule is N#C/C(=C/NCCCc1ccccc1)C(=O)NCc1ccccc1Cl. The van der Waals surface area contributed by atoms with Crippen LogP contribution in [0.25, 0.3) is 0 Å². The molecule has 0 radical (unpaired) electrons. The highest BCUT2D eigenvalue weighted by Gasteiger charge is 2.09. The molecule has 2 aromatic rings. The second-order valence-corrected chi connectivity index (χ2v) is 5.89. The lowest BCUT2D eigenvalue weighted by Gasteiger charge is -2.07. The third-order valence-corrected chi connectivity index (χ3v) is 4.01. The molecule has 1 amide bonds. The van der Waals surface area contributed by atoms with E-state index in [0.29, 0.717) is 11.6 Å². The number of benzene rings is 2. The van der Waals surface area contributed by atoms with E-state index in [0.717, 1.165) is 18.4 Å². The first-order valence-electron chi connectivity index (χ1n) is 8.10. The molecule has 128 valence electrons. The van der Waals surface area contributed by atoms with E-state index < -0.39 is 5.91 Å². The lowest BCUT2D eigenvalue weighted by Crippen LogP contribution is -2.25. The minimum atomic E-state index is -0.419. The number of hydrogen-bond acceptors (Lipinski definition) is 3. The fourth-order valence-corrected chi connectivity index (χ4v) is 2.48. The van der Waals surface area contributed by atoms with Gasteiger partial charge < -0.3 is 10.6 Å². The Morgan fingerprint density at radius 1 is 1.12 bits per heavy atom. The molecular weight excluding hydrogens is 334 g/mol. The van der Waals surface area contributed by atoms with Crippen molar-refractivity contribution in [2.75, 3.05) is 6.54 Å². The molecule has 4 nitrogen and oxygen atoms in total. The third-order valence-electron chi connectivity index (χ3n) is 3.64. The molecule has 25 heavy (non-hydrogen) atoms. The lowest BCUT2D eigenvalue weighted by atomic mass is 10.1. The maximum Gasteiger partial charge on any atom is 0.263 e. The molecule has 2 N–H and O–H groups in total. The number of hydrogen-bond donors (Lipinski definition) is 2.